The second-order valence-electron chi connectivity index (χ2n) is 5.89. The van der Waals surface area contributed by atoms with Crippen molar-refractivity contribution in [3.63, 3.8) is 0 Å². The van der Waals surface area contributed by atoms with E-state index in [4.69, 9.17) is 9.52 Å². The lowest BCUT2D eigenvalue weighted by molar-refractivity contribution is -0.150. The third-order valence-corrected chi connectivity index (χ3v) is 4.18. The minimum absolute atomic E-state index is 0.0536. The van der Waals surface area contributed by atoms with E-state index in [2.05, 4.69) is 0 Å². The summed E-state index contributed by atoms with van der Waals surface area (Å²) in [7, 11) is 0. The standard InChI is InChI=1S/C15H20N2O4/c18-14(19)8-13-15(20)17(9-11-3-4-11)6-5-16(13)10-12-2-1-7-21-12/h1-2,7,11,13H,3-6,8-10H2,(H,18,19). The predicted octanol–water partition coefficient (Wildman–Crippen LogP) is 1.18. The van der Waals surface area contributed by atoms with Crippen LogP contribution in [0.1, 0.15) is 25.0 Å². The van der Waals surface area contributed by atoms with Crippen molar-refractivity contribution in [1.29, 1.82) is 0 Å². The van der Waals surface area contributed by atoms with Gasteiger partial charge < -0.3 is 14.4 Å². The fraction of sp³-hybridized carbons (Fsp3) is 0.600. The summed E-state index contributed by atoms with van der Waals surface area (Å²) in [5.74, 6) is 0.387. The fourth-order valence-electron chi connectivity index (χ4n) is 2.85. The molecule has 1 N–H and O–H groups in total. The smallest absolute Gasteiger partial charge is 0.305 e. The fourth-order valence-corrected chi connectivity index (χ4v) is 2.85. The molecule has 0 aromatic carbocycles. The summed E-state index contributed by atoms with van der Waals surface area (Å²) < 4.78 is 5.31. The number of amides is 1. The lowest BCUT2D eigenvalue weighted by Crippen LogP contribution is -2.57. The van der Waals surface area contributed by atoms with Gasteiger partial charge in [-0.25, -0.2) is 0 Å². The van der Waals surface area contributed by atoms with Gasteiger partial charge in [0, 0.05) is 19.6 Å². The third-order valence-electron chi connectivity index (χ3n) is 4.18. The molecule has 6 nitrogen and oxygen atoms in total. The predicted molar refractivity (Wildman–Crippen MR) is 74.5 cm³/mol. The Morgan fingerprint density at radius 1 is 1.38 bits per heavy atom. The monoisotopic (exact) mass is 292 g/mol. The van der Waals surface area contributed by atoms with Gasteiger partial charge in [0.15, 0.2) is 0 Å². The van der Waals surface area contributed by atoms with E-state index in [9.17, 15) is 9.59 Å². The van der Waals surface area contributed by atoms with Crippen LogP contribution in [-0.4, -0.2) is 52.5 Å². The van der Waals surface area contributed by atoms with Gasteiger partial charge in [-0.15, -0.1) is 0 Å². The van der Waals surface area contributed by atoms with E-state index in [1.807, 2.05) is 15.9 Å². The Kier molecular flexibility index (Phi) is 3.96. The highest BCUT2D eigenvalue weighted by Gasteiger charge is 2.38. The van der Waals surface area contributed by atoms with Gasteiger partial charge in [0.2, 0.25) is 5.91 Å². The first kappa shape index (κ1) is 14.1. The number of carbonyl (C=O) groups excluding carboxylic acids is 1. The average molecular weight is 292 g/mol. The van der Waals surface area contributed by atoms with Crippen LogP contribution in [0.3, 0.4) is 0 Å². The topological polar surface area (TPSA) is 74.0 Å². The van der Waals surface area contributed by atoms with Crippen molar-refractivity contribution in [2.75, 3.05) is 19.6 Å². The Morgan fingerprint density at radius 2 is 2.19 bits per heavy atom. The number of hydrogen-bond acceptors (Lipinski definition) is 4. The number of piperazine rings is 1. The van der Waals surface area contributed by atoms with Crippen molar-refractivity contribution in [3.8, 4) is 0 Å². The van der Waals surface area contributed by atoms with E-state index in [0.29, 0.717) is 25.6 Å². The van der Waals surface area contributed by atoms with Crippen molar-refractivity contribution in [1.82, 2.24) is 9.80 Å². The maximum absolute atomic E-state index is 12.6. The SMILES string of the molecule is O=C(O)CC1C(=O)N(CC2CC2)CCN1Cc1ccco1. The summed E-state index contributed by atoms with van der Waals surface area (Å²) in [5.41, 5.74) is 0. The molecule has 0 spiro atoms. The summed E-state index contributed by atoms with van der Waals surface area (Å²) in [6, 6.07) is 3.06. The molecule has 2 fully saturated rings. The Hall–Kier alpha value is -1.82. The number of carboxylic acids is 1. The lowest BCUT2D eigenvalue weighted by Gasteiger charge is -2.39. The number of hydrogen-bond donors (Lipinski definition) is 1. The first-order chi connectivity index (χ1) is 10.1. The van der Waals surface area contributed by atoms with Crippen molar-refractivity contribution in [2.24, 2.45) is 5.92 Å². The van der Waals surface area contributed by atoms with Crippen LogP contribution in [-0.2, 0) is 16.1 Å². The molecule has 1 aromatic rings. The molecule has 1 amide bonds. The lowest BCUT2D eigenvalue weighted by atomic mass is 10.1. The molecule has 1 aliphatic heterocycles. The summed E-state index contributed by atoms with van der Waals surface area (Å²) in [6.07, 6.45) is 3.81. The van der Waals surface area contributed by atoms with Crippen LogP contribution >= 0.6 is 0 Å². The van der Waals surface area contributed by atoms with Crippen molar-refractivity contribution < 1.29 is 19.1 Å². The van der Waals surface area contributed by atoms with Gasteiger partial charge >= 0.3 is 5.97 Å². The van der Waals surface area contributed by atoms with Gasteiger partial charge in [-0.2, -0.15) is 0 Å². The van der Waals surface area contributed by atoms with Crippen molar-refractivity contribution in [2.45, 2.75) is 31.8 Å². The molecule has 0 radical (unpaired) electrons. The number of aliphatic carboxylic acids is 1. The van der Waals surface area contributed by atoms with Crippen LogP contribution in [0.4, 0.5) is 0 Å². The molecule has 1 saturated carbocycles. The molecule has 6 heteroatoms. The molecular formula is C15H20N2O4. The van der Waals surface area contributed by atoms with Crippen LogP contribution in [0.2, 0.25) is 0 Å². The minimum Gasteiger partial charge on any atom is -0.481 e. The largest absolute Gasteiger partial charge is 0.481 e. The highest BCUT2D eigenvalue weighted by molar-refractivity contribution is 5.86. The van der Waals surface area contributed by atoms with E-state index in [0.717, 1.165) is 12.3 Å². The van der Waals surface area contributed by atoms with Gasteiger partial charge in [0.05, 0.1) is 19.2 Å². The molecule has 1 aromatic heterocycles. The zero-order valence-corrected chi connectivity index (χ0v) is 11.9. The molecule has 0 bridgehead atoms. The van der Waals surface area contributed by atoms with E-state index >= 15 is 0 Å². The van der Waals surface area contributed by atoms with Crippen LogP contribution in [0, 0.1) is 5.92 Å². The van der Waals surface area contributed by atoms with Gasteiger partial charge in [-0.3, -0.25) is 14.5 Å². The first-order valence-electron chi connectivity index (χ1n) is 7.40. The second kappa shape index (κ2) is 5.89. The van der Waals surface area contributed by atoms with E-state index in [1.165, 1.54) is 12.8 Å². The summed E-state index contributed by atoms with van der Waals surface area (Å²) in [6.45, 7) is 2.63. The number of carbonyl (C=O) groups is 2. The molecular weight excluding hydrogens is 272 g/mol. The Balaban J connectivity index is 1.69. The van der Waals surface area contributed by atoms with Crippen LogP contribution < -0.4 is 0 Å². The molecule has 3 rings (SSSR count). The average Bonchev–Trinajstić information content (AvgIpc) is 3.11. The number of carboxylic acid groups (broad SMARTS) is 1. The summed E-state index contributed by atoms with van der Waals surface area (Å²) >= 11 is 0. The maximum Gasteiger partial charge on any atom is 0.305 e. The first-order valence-corrected chi connectivity index (χ1v) is 7.40. The van der Waals surface area contributed by atoms with Gasteiger partial charge in [0.1, 0.15) is 11.8 Å². The molecule has 1 saturated heterocycles. The number of nitrogens with zero attached hydrogens (tertiary/aromatic N) is 2. The molecule has 1 atom stereocenters. The second-order valence-corrected chi connectivity index (χ2v) is 5.89. The highest BCUT2D eigenvalue weighted by atomic mass is 16.4. The van der Waals surface area contributed by atoms with Gasteiger partial charge in [-0.1, -0.05) is 0 Å². The normalized spacial score (nSPS) is 23.5. The van der Waals surface area contributed by atoms with Gasteiger partial charge in [0.25, 0.3) is 0 Å². The van der Waals surface area contributed by atoms with Crippen LogP contribution in [0.15, 0.2) is 22.8 Å². The minimum atomic E-state index is -0.939. The molecule has 1 unspecified atom stereocenters. The highest BCUT2D eigenvalue weighted by Crippen LogP contribution is 2.31. The summed E-state index contributed by atoms with van der Waals surface area (Å²) in [5, 5.41) is 9.09. The number of rotatable bonds is 6. The van der Waals surface area contributed by atoms with Crippen molar-refractivity contribution >= 4 is 11.9 Å². The Morgan fingerprint density at radius 3 is 2.81 bits per heavy atom. The molecule has 21 heavy (non-hydrogen) atoms. The Bertz CT molecular complexity index is 510. The maximum atomic E-state index is 12.6. The zero-order chi connectivity index (χ0) is 14.8. The third kappa shape index (κ3) is 3.44. The molecule has 1 aliphatic carbocycles. The van der Waals surface area contributed by atoms with Crippen LogP contribution in [0.5, 0.6) is 0 Å². The van der Waals surface area contributed by atoms with E-state index < -0.39 is 12.0 Å². The van der Waals surface area contributed by atoms with E-state index in [1.54, 1.807) is 12.3 Å². The molecule has 114 valence electrons. The van der Waals surface area contributed by atoms with Crippen LogP contribution in [0.25, 0.3) is 0 Å². The van der Waals surface area contributed by atoms with Crippen molar-refractivity contribution in [3.05, 3.63) is 24.2 Å². The quantitative estimate of drug-likeness (QED) is 0.852. The Labute approximate surface area is 123 Å². The van der Waals surface area contributed by atoms with E-state index in [-0.39, 0.29) is 12.3 Å². The zero-order valence-electron chi connectivity index (χ0n) is 11.9. The summed E-state index contributed by atoms with van der Waals surface area (Å²) in [4.78, 5) is 27.4. The molecule has 2 aliphatic rings. The van der Waals surface area contributed by atoms with Gasteiger partial charge in [-0.05, 0) is 30.9 Å². The molecule has 2 heterocycles. The number of furan rings is 1.